The molecule has 0 aromatic heterocycles. The number of alkyl halides is 3. The number of hydrogen-bond donors (Lipinski definition) is 0. The number of ether oxygens (including phenoxy) is 2. The average molecular weight is 367 g/mol. The average Bonchev–Trinajstić information content (AvgIpc) is 2.43. The number of carbonyl (C=O) groups excluding carboxylic acids is 1. The van der Waals surface area contributed by atoms with Crippen molar-refractivity contribution < 1.29 is 40.0 Å². The van der Waals surface area contributed by atoms with Gasteiger partial charge in [-0.05, 0) is 32.0 Å². The third-order valence-electron chi connectivity index (χ3n) is 2.83. The second kappa shape index (κ2) is 5.65. The van der Waals surface area contributed by atoms with Crippen molar-refractivity contribution in [3.05, 3.63) is 29.3 Å². The molecule has 1 aliphatic rings. The first kappa shape index (κ1) is 18.0. The summed E-state index contributed by atoms with van der Waals surface area (Å²) in [6, 6.07) is 3.66. The van der Waals surface area contributed by atoms with Gasteiger partial charge in [-0.1, -0.05) is 0 Å². The molecule has 0 bridgehead atoms. The molecule has 0 atom stereocenters. The lowest BCUT2D eigenvalue weighted by molar-refractivity contribution is -0.0506. The Labute approximate surface area is 135 Å². The summed E-state index contributed by atoms with van der Waals surface area (Å²) < 4.78 is 74.2. The minimum Gasteiger partial charge on any atom is -0.466 e. The normalized spacial score (nSPS) is 16.5. The van der Waals surface area contributed by atoms with Crippen LogP contribution in [0.4, 0.5) is 13.2 Å². The Hall–Kier alpha value is -2.30. The summed E-state index contributed by atoms with van der Waals surface area (Å²) in [5.41, 5.74) is -7.25. The van der Waals surface area contributed by atoms with Crippen LogP contribution in [-0.4, -0.2) is 38.6 Å². The van der Waals surface area contributed by atoms with Gasteiger partial charge in [0, 0.05) is 0 Å². The van der Waals surface area contributed by atoms with E-state index in [9.17, 15) is 26.4 Å². The zero-order valence-electron chi connectivity index (χ0n) is 12.7. The van der Waals surface area contributed by atoms with Crippen molar-refractivity contribution in [3.8, 4) is 5.75 Å². The number of methoxy groups -OCH3 is 1. The topological polar surface area (TPSA) is 91.3 Å². The minimum absolute atomic E-state index is 0.00928. The van der Waals surface area contributed by atoms with Crippen LogP contribution in [0.15, 0.2) is 23.2 Å². The summed E-state index contributed by atoms with van der Waals surface area (Å²) in [6.45, 7) is 2.79. The Morgan fingerprint density at radius 1 is 1.29 bits per heavy atom. The number of halogens is 3. The molecular formula is C13H12F3NO6S. The summed E-state index contributed by atoms with van der Waals surface area (Å²) in [4.78, 5) is 15.3. The Morgan fingerprint density at radius 2 is 1.92 bits per heavy atom. The molecule has 132 valence electrons. The van der Waals surface area contributed by atoms with E-state index in [1.165, 1.54) is 26.0 Å². The van der Waals surface area contributed by atoms with Crippen molar-refractivity contribution in [3.63, 3.8) is 0 Å². The van der Waals surface area contributed by atoms with Crippen molar-refractivity contribution in [1.29, 1.82) is 0 Å². The molecule has 0 aliphatic carbocycles. The van der Waals surface area contributed by atoms with Crippen molar-refractivity contribution in [2.75, 3.05) is 7.11 Å². The van der Waals surface area contributed by atoms with Gasteiger partial charge in [-0.25, -0.2) is 9.79 Å². The number of hydrogen-bond acceptors (Lipinski definition) is 7. The molecule has 2 rings (SSSR count). The van der Waals surface area contributed by atoms with Crippen LogP contribution in [0.5, 0.6) is 5.75 Å². The summed E-state index contributed by atoms with van der Waals surface area (Å²) in [6.07, 6.45) is 0. The van der Waals surface area contributed by atoms with Gasteiger partial charge in [0.2, 0.25) is 5.90 Å². The molecule has 1 aromatic carbocycles. The lowest BCUT2D eigenvalue weighted by Crippen LogP contribution is -2.36. The van der Waals surface area contributed by atoms with E-state index < -0.39 is 33.2 Å². The first-order valence-corrected chi connectivity index (χ1v) is 7.79. The zero-order valence-corrected chi connectivity index (χ0v) is 13.5. The summed E-state index contributed by atoms with van der Waals surface area (Å²) in [5.74, 6) is -1.60. The second-order valence-corrected chi connectivity index (χ2v) is 6.69. The molecule has 0 spiro atoms. The van der Waals surface area contributed by atoms with Crippen molar-refractivity contribution in [2.24, 2.45) is 4.99 Å². The molecular weight excluding hydrogens is 355 g/mol. The highest BCUT2D eigenvalue weighted by Crippen LogP contribution is 2.34. The van der Waals surface area contributed by atoms with Crippen molar-refractivity contribution in [2.45, 2.75) is 25.1 Å². The van der Waals surface area contributed by atoms with Gasteiger partial charge < -0.3 is 13.7 Å². The van der Waals surface area contributed by atoms with E-state index in [1.54, 1.807) is 0 Å². The number of rotatable bonds is 2. The second-order valence-electron chi connectivity index (χ2n) is 5.15. The van der Waals surface area contributed by atoms with E-state index in [1.807, 2.05) is 0 Å². The van der Waals surface area contributed by atoms with E-state index in [0.717, 1.165) is 13.2 Å². The Bertz CT molecular complexity index is 813. The van der Waals surface area contributed by atoms with E-state index in [0.29, 0.717) is 0 Å². The van der Waals surface area contributed by atoms with Gasteiger partial charge in [0.05, 0.1) is 18.2 Å². The number of carbonyl (C=O) groups is 1. The predicted octanol–water partition coefficient (Wildman–Crippen LogP) is 2.21. The van der Waals surface area contributed by atoms with Gasteiger partial charge in [-0.15, -0.1) is 0 Å². The van der Waals surface area contributed by atoms with E-state index in [4.69, 9.17) is 4.74 Å². The number of esters is 1. The maximum absolute atomic E-state index is 12.5. The largest absolute Gasteiger partial charge is 0.534 e. The number of fused-ring (bicyclic) bond motifs is 1. The summed E-state index contributed by atoms with van der Waals surface area (Å²) >= 11 is 0. The van der Waals surface area contributed by atoms with Crippen LogP contribution < -0.4 is 4.74 Å². The molecule has 1 aliphatic heterocycles. The SMILES string of the molecule is COC(=O)c1ccc2c(c1)C(OS(=O)(=O)C(F)(F)F)=NC(C)(C)O2. The lowest BCUT2D eigenvalue weighted by atomic mass is 10.1. The fraction of sp³-hybridized carbons (Fsp3) is 0.385. The van der Waals surface area contributed by atoms with Gasteiger partial charge in [0.25, 0.3) is 0 Å². The highest BCUT2D eigenvalue weighted by molar-refractivity contribution is 7.88. The third-order valence-corrected chi connectivity index (χ3v) is 3.78. The molecule has 0 amide bonds. The van der Waals surface area contributed by atoms with Gasteiger partial charge >= 0.3 is 21.6 Å². The van der Waals surface area contributed by atoms with Crippen LogP contribution in [0.1, 0.15) is 29.8 Å². The van der Waals surface area contributed by atoms with Crippen LogP contribution in [-0.2, 0) is 19.0 Å². The quantitative estimate of drug-likeness (QED) is 0.452. The van der Waals surface area contributed by atoms with Crippen LogP contribution >= 0.6 is 0 Å². The maximum atomic E-state index is 12.5. The molecule has 0 saturated heterocycles. The lowest BCUT2D eigenvalue weighted by Gasteiger charge is -2.29. The molecule has 0 saturated carbocycles. The molecule has 0 radical (unpaired) electrons. The van der Waals surface area contributed by atoms with Crippen molar-refractivity contribution in [1.82, 2.24) is 0 Å². The first-order valence-electron chi connectivity index (χ1n) is 6.39. The highest BCUT2D eigenvalue weighted by atomic mass is 32.2. The first-order chi connectivity index (χ1) is 10.9. The van der Waals surface area contributed by atoms with Crippen LogP contribution in [0, 0.1) is 0 Å². The molecule has 11 heteroatoms. The Kier molecular flexibility index (Phi) is 4.25. The molecule has 1 aromatic rings. The third kappa shape index (κ3) is 3.45. The maximum Gasteiger partial charge on any atom is 0.534 e. The monoisotopic (exact) mass is 367 g/mol. The smallest absolute Gasteiger partial charge is 0.466 e. The summed E-state index contributed by atoms with van der Waals surface area (Å²) in [7, 11) is -4.82. The van der Waals surface area contributed by atoms with Gasteiger partial charge in [0.15, 0.2) is 5.72 Å². The van der Waals surface area contributed by atoms with Gasteiger partial charge in [-0.3, -0.25) is 0 Å². The van der Waals surface area contributed by atoms with Crippen LogP contribution in [0.3, 0.4) is 0 Å². The fourth-order valence-electron chi connectivity index (χ4n) is 1.84. The number of benzene rings is 1. The van der Waals surface area contributed by atoms with Crippen LogP contribution in [0.25, 0.3) is 0 Å². The van der Waals surface area contributed by atoms with E-state index in [2.05, 4.69) is 13.9 Å². The van der Waals surface area contributed by atoms with Crippen molar-refractivity contribution >= 4 is 22.0 Å². The predicted molar refractivity (Wildman–Crippen MR) is 75.1 cm³/mol. The number of nitrogens with zero attached hydrogens (tertiary/aromatic N) is 1. The van der Waals surface area contributed by atoms with Gasteiger partial charge in [0.1, 0.15) is 5.75 Å². The molecule has 0 unspecified atom stereocenters. The molecule has 7 nitrogen and oxygen atoms in total. The standard InChI is InChI=1S/C13H12F3NO6S/c1-12(2)17-10(23-24(19,20)13(14,15)16)8-6-7(11(18)21-3)4-5-9(8)22-12/h4-6H,1-3H3. The highest BCUT2D eigenvalue weighted by Gasteiger charge is 2.50. The van der Waals surface area contributed by atoms with E-state index >= 15 is 0 Å². The van der Waals surface area contributed by atoms with Crippen LogP contribution in [0.2, 0.25) is 0 Å². The molecule has 1 heterocycles. The zero-order chi connectivity index (χ0) is 18.3. The Morgan fingerprint density at radius 3 is 2.46 bits per heavy atom. The van der Waals surface area contributed by atoms with E-state index in [-0.39, 0.29) is 16.9 Å². The Balaban J connectivity index is 2.55. The molecule has 24 heavy (non-hydrogen) atoms. The fourth-order valence-corrected chi connectivity index (χ4v) is 2.27. The minimum atomic E-state index is -5.93. The molecule has 0 fully saturated rings. The summed E-state index contributed by atoms with van der Waals surface area (Å²) in [5, 5.41) is 0. The molecule has 0 N–H and O–H groups in total. The van der Waals surface area contributed by atoms with Gasteiger partial charge in [-0.2, -0.15) is 21.6 Å². The number of aliphatic imine (C=N–C) groups is 1.